The number of hydrogen-bond acceptors (Lipinski definition) is 3. The molecule has 2 fully saturated rings. The van der Waals surface area contributed by atoms with E-state index in [4.69, 9.17) is 11.6 Å². The van der Waals surface area contributed by atoms with Crippen molar-refractivity contribution in [1.29, 1.82) is 0 Å². The summed E-state index contributed by atoms with van der Waals surface area (Å²) in [6.45, 7) is 1.97. The van der Waals surface area contributed by atoms with Gasteiger partial charge in [-0.25, -0.2) is 4.79 Å². The standard InChI is InChI=1S/C22H23ClN4O3/c23-17-6-4-5-16(11-17)20(29)26-9-10-27(15-22(14-26)12-19(28)24-13-22)21(30)25-18-7-2-1-3-8-18/h1-8,11H,9-10,12-15H2,(H,24,28)(H,25,30)/t22-/m1/s1. The van der Waals surface area contributed by atoms with E-state index in [1.54, 1.807) is 34.1 Å². The fourth-order valence-electron chi connectivity index (χ4n) is 4.11. The summed E-state index contributed by atoms with van der Waals surface area (Å²) in [5.74, 6) is -0.211. The van der Waals surface area contributed by atoms with Crippen molar-refractivity contribution in [2.45, 2.75) is 6.42 Å². The van der Waals surface area contributed by atoms with Crippen molar-refractivity contribution in [2.24, 2.45) is 5.41 Å². The Morgan fingerprint density at radius 2 is 1.73 bits per heavy atom. The van der Waals surface area contributed by atoms with Crippen LogP contribution >= 0.6 is 11.6 Å². The fraction of sp³-hybridized carbons (Fsp3) is 0.318. The summed E-state index contributed by atoms with van der Waals surface area (Å²) in [6, 6.07) is 15.8. The molecule has 2 aromatic carbocycles. The van der Waals surface area contributed by atoms with Gasteiger partial charge < -0.3 is 20.4 Å². The summed E-state index contributed by atoms with van der Waals surface area (Å²) >= 11 is 6.05. The number of nitrogens with one attached hydrogen (secondary N) is 2. The first-order valence-electron chi connectivity index (χ1n) is 9.87. The van der Waals surface area contributed by atoms with Gasteiger partial charge in [0.15, 0.2) is 0 Å². The number of rotatable bonds is 2. The van der Waals surface area contributed by atoms with Crippen LogP contribution in [0.15, 0.2) is 54.6 Å². The molecule has 0 unspecified atom stereocenters. The summed E-state index contributed by atoms with van der Waals surface area (Å²) in [7, 11) is 0. The molecule has 2 aliphatic heterocycles. The predicted octanol–water partition coefficient (Wildman–Crippen LogP) is 2.84. The monoisotopic (exact) mass is 426 g/mol. The van der Waals surface area contributed by atoms with Crippen LogP contribution in [0.1, 0.15) is 16.8 Å². The Bertz CT molecular complexity index is 968. The SMILES string of the molecule is O=C1C[C@]2(CN1)CN(C(=O)Nc1ccccc1)CCN(C(=O)c1cccc(Cl)c1)C2. The Hall–Kier alpha value is -3.06. The quantitative estimate of drug-likeness (QED) is 0.774. The molecule has 0 aliphatic carbocycles. The van der Waals surface area contributed by atoms with Crippen molar-refractivity contribution in [2.75, 3.05) is 38.0 Å². The lowest BCUT2D eigenvalue weighted by Gasteiger charge is -2.32. The van der Waals surface area contributed by atoms with E-state index in [-0.39, 0.29) is 24.3 Å². The first-order chi connectivity index (χ1) is 14.4. The third-order valence-electron chi connectivity index (χ3n) is 5.56. The first-order valence-corrected chi connectivity index (χ1v) is 10.2. The highest BCUT2D eigenvalue weighted by atomic mass is 35.5. The van der Waals surface area contributed by atoms with Gasteiger partial charge in [-0.2, -0.15) is 0 Å². The van der Waals surface area contributed by atoms with E-state index >= 15 is 0 Å². The third kappa shape index (κ3) is 4.41. The minimum Gasteiger partial charge on any atom is -0.355 e. The van der Waals surface area contributed by atoms with Crippen molar-refractivity contribution >= 4 is 35.1 Å². The molecule has 2 N–H and O–H groups in total. The van der Waals surface area contributed by atoms with E-state index in [1.807, 2.05) is 30.3 Å². The van der Waals surface area contributed by atoms with Gasteiger partial charge in [-0.15, -0.1) is 0 Å². The summed E-state index contributed by atoms with van der Waals surface area (Å²) in [5, 5.41) is 6.26. The van der Waals surface area contributed by atoms with Gasteiger partial charge in [-0.3, -0.25) is 9.59 Å². The lowest BCUT2D eigenvalue weighted by atomic mass is 9.86. The molecule has 8 heteroatoms. The fourth-order valence-corrected chi connectivity index (χ4v) is 4.30. The van der Waals surface area contributed by atoms with Gasteiger partial charge in [0, 0.05) is 60.8 Å². The molecule has 2 heterocycles. The Kier molecular flexibility index (Phi) is 5.63. The number of benzene rings is 2. The van der Waals surface area contributed by atoms with Gasteiger partial charge in [-0.1, -0.05) is 35.9 Å². The Morgan fingerprint density at radius 1 is 1.00 bits per heavy atom. The van der Waals surface area contributed by atoms with Gasteiger partial charge >= 0.3 is 6.03 Å². The maximum absolute atomic E-state index is 13.1. The van der Waals surface area contributed by atoms with E-state index in [0.717, 1.165) is 0 Å². The van der Waals surface area contributed by atoms with Crippen molar-refractivity contribution in [3.05, 3.63) is 65.2 Å². The molecule has 1 spiro atoms. The van der Waals surface area contributed by atoms with E-state index in [1.165, 1.54) is 0 Å². The van der Waals surface area contributed by atoms with Crippen LogP contribution in [-0.2, 0) is 4.79 Å². The highest BCUT2D eigenvalue weighted by Gasteiger charge is 2.45. The van der Waals surface area contributed by atoms with Gasteiger partial charge in [0.1, 0.15) is 0 Å². The first kappa shape index (κ1) is 20.2. The summed E-state index contributed by atoms with van der Waals surface area (Å²) < 4.78 is 0. The average molecular weight is 427 g/mol. The zero-order valence-electron chi connectivity index (χ0n) is 16.4. The van der Waals surface area contributed by atoms with Crippen LogP contribution in [-0.4, -0.2) is 60.4 Å². The number of urea groups is 1. The molecule has 4 amide bonds. The topological polar surface area (TPSA) is 81.8 Å². The molecular weight excluding hydrogens is 404 g/mol. The number of carbonyl (C=O) groups is 3. The maximum atomic E-state index is 13.1. The maximum Gasteiger partial charge on any atom is 0.321 e. The number of anilines is 1. The molecule has 0 saturated carbocycles. The van der Waals surface area contributed by atoms with Crippen LogP contribution in [0.3, 0.4) is 0 Å². The smallest absolute Gasteiger partial charge is 0.321 e. The van der Waals surface area contributed by atoms with E-state index in [9.17, 15) is 14.4 Å². The van der Waals surface area contributed by atoms with Crippen LogP contribution in [0.4, 0.5) is 10.5 Å². The third-order valence-corrected chi connectivity index (χ3v) is 5.79. The van der Waals surface area contributed by atoms with Gasteiger partial charge in [0.25, 0.3) is 5.91 Å². The zero-order chi connectivity index (χ0) is 21.1. The summed E-state index contributed by atoms with van der Waals surface area (Å²) in [5.41, 5.74) is 0.681. The van der Waals surface area contributed by atoms with Gasteiger partial charge in [0.05, 0.1) is 0 Å². The number of para-hydroxylation sites is 1. The number of hydrogen-bond donors (Lipinski definition) is 2. The molecule has 0 radical (unpaired) electrons. The number of nitrogens with zero attached hydrogens (tertiary/aromatic N) is 2. The van der Waals surface area contributed by atoms with E-state index in [0.29, 0.717) is 49.0 Å². The van der Waals surface area contributed by atoms with E-state index < -0.39 is 5.41 Å². The molecule has 2 aliphatic rings. The Morgan fingerprint density at radius 3 is 2.43 bits per heavy atom. The largest absolute Gasteiger partial charge is 0.355 e. The molecule has 0 aromatic heterocycles. The van der Waals surface area contributed by atoms with Crippen molar-refractivity contribution in [3.8, 4) is 0 Å². The Balaban J connectivity index is 1.56. The second-order valence-electron chi connectivity index (χ2n) is 7.91. The zero-order valence-corrected chi connectivity index (χ0v) is 17.2. The highest BCUT2D eigenvalue weighted by molar-refractivity contribution is 6.30. The molecular formula is C22H23ClN4O3. The lowest BCUT2D eigenvalue weighted by Crippen LogP contribution is -2.46. The van der Waals surface area contributed by atoms with Crippen LogP contribution in [0, 0.1) is 5.41 Å². The second kappa shape index (κ2) is 8.36. The van der Waals surface area contributed by atoms with Crippen molar-refractivity contribution in [3.63, 3.8) is 0 Å². The number of halogens is 1. The summed E-state index contributed by atoms with van der Waals surface area (Å²) in [6.07, 6.45) is 0.279. The molecule has 7 nitrogen and oxygen atoms in total. The van der Waals surface area contributed by atoms with Crippen LogP contribution in [0.5, 0.6) is 0 Å². The molecule has 156 valence electrons. The van der Waals surface area contributed by atoms with Crippen LogP contribution in [0.2, 0.25) is 5.02 Å². The van der Waals surface area contributed by atoms with Crippen molar-refractivity contribution in [1.82, 2.24) is 15.1 Å². The number of amides is 4. The summed E-state index contributed by atoms with van der Waals surface area (Å²) in [4.78, 5) is 41.5. The molecule has 2 aromatic rings. The minimum absolute atomic E-state index is 0.0597. The second-order valence-corrected chi connectivity index (χ2v) is 8.34. The van der Waals surface area contributed by atoms with Crippen LogP contribution in [0.25, 0.3) is 0 Å². The van der Waals surface area contributed by atoms with Gasteiger partial charge in [-0.05, 0) is 30.3 Å². The van der Waals surface area contributed by atoms with Crippen LogP contribution < -0.4 is 10.6 Å². The molecule has 2 saturated heterocycles. The number of carbonyl (C=O) groups excluding carboxylic acids is 3. The van der Waals surface area contributed by atoms with Gasteiger partial charge in [0.2, 0.25) is 5.91 Å². The lowest BCUT2D eigenvalue weighted by molar-refractivity contribution is -0.119. The predicted molar refractivity (Wildman–Crippen MR) is 114 cm³/mol. The highest BCUT2D eigenvalue weighted by Crippen LogP contribution is 2.32. The molecule has 1 atom stereocenters. The van der Waals surface area contributed by atoms with E-state index in [2.05, 4.69) is 10.6 Å². The molecule has 0 bridgehead atoms. The average Bonchev–Trinajstić information content (AvgIpc) is 2.98. The van der Waals surface area contributed by atoms with Crippen molar-refractivity contribution < 1.29 is 14.4 Å². The molecule has 4 rings (SSSR count). The Labute approximate surface area is 180 Å². The molecule has 30 heavy (non-hydrogen) atoms. The normalized spacial score (nSPS) is 21.3. The minimum atomic E-state index is -0.518.